The first-order valence-electron chi connectivity index (χ1n) is 6.64. The lowest BCUT2D eigenvalue weighted by Gasteiger charge is -2.19. The summed E-state index contributed by atoms with van der Waals surface area (Å²) in [6, 6.07) is 3.32. The van der Waals surface area contributed by atoms with Crippen LogP contribution in [0.5, 0.6) is 0 Å². The summed E-state index contributed by atoms with van der Waals surface area (Å²) in [6.45, 7) is 4.86. The van der Waals surface area contributed by atoms with E-state index in [1.165, 1.54) is 0 Å². The van der Waals surface area contributed by atoms with Gasteiger partial charge < -0.3 is 14.7 Å². The highest BCUT2D eigenvalue weighted by Crippen LogP contribution is 2.29. The summed E-state index contributed by atoms with van der Waals surface area (Å²) in [5.41, 5.74) is 0.382. The number of ether oxygens (including phenoxy) is 1. The number of aromatic nitrogens is 1. The Labute approximate surface area is 117 Å². The summed E-state index contributed by atoms with van der Waals surface area (Å²) < 4.78 is 5.01. The summed E-state index contributed by atoms with van der Waals surface area (Å²) in [7, 11) is 0. The predicted molar refractivity (Wildman–Crippen MR) is 72.7 cm³/mol. The average Bonchev–Trinajstić information content (AvgIpc) is 2.81. The van der Waals surface area contributed by atoms with E-state index >= 15 is 0 Å². The molecule has 1 fully saturated rings. The fraction of sp³-hybridized carbons (Fsp3) is 0.500. The van der Waals surface area contributed by atoms with E-state index in [1.807, 2.05) is 11.8 Å². The molecule has 2 rings (SSSR count). The van der Waals surface area contributed by atoms with Crippen molar-refractivity contribution in [3.63, 3.8) is 0 Å². The van der Waals surface area contributed by atoms with Crippen LogP contribution in [0.4, 0.5) is 5.82 Å². The van der Waals surface area contributed by atoms with Gasteiger partial charge in [-0.3, -0.25) is 4.79 Å². The molecule has 108 valence electrons. The fourth-order valence-electron chi connectivity index (χ4n) is 2.48. The van der Waals surface area contributed by atoms with Crippen molar-refractivity contribution in [2.45, 2.75) is 13.8 Å². The van der Waals surface area contributed by atoms with Gasteiger partial charge in [0, 0.05) is 19.3 Å². The summed E-state index contributed by atoms with van der Waals surface area (Å²) >= 11 is 0. The van der Waals surface area contributed by atoms with E-state index in [1.54, 1.807) is 25.3 Å². The van der Waals surface area contributed by atoms with Gasteiger partial charge in [-0.1, -0.05) is 6.92 Å². The Balaban J connectivity index is 2.26. The SMILES string of the molecule is CCOC(=O)c1cccnc1N1C[C@@H](C)[C@H](C(=O)O)C1. The lowest BCUT2D eigenvalue weighted by atomic mass is 9.99. The third kappa shape index (κ3) is 2.74. The molecule has 6 heteroatoms. The molecule has 1 N–H and O–H groups in total. The smallest absolute Gasteiger partial charge is 0.341 e. The van der Waals surface area contributed by atoms with E-state index in [0.717, 1.165) is 0 Å². The standard InChI is InChI=1S/C14H18N2O4/c1-3-20-14(19)10-5-4-6-15-12(10)16-7-9(2)11(8-16)13(17)18/h4-6,9,11H,3,7-8H2,1-2H3,(H,17,18)/t9-,11-/m1/s1. The summed E-state index contributed by atoms with van der Waals surface area (Å²) in [5.74, 6) is -1.16. The zero-order valence-corrected chi connectivity index (χ0v) is 11.6. The molecule has 1 aliphatic rings. The molecule has 0 bridgehead atoms. The van der Waals surface area contributed by atoms with Gasteiger partial charge >= 0.3 is 11.9 Å². The van der Waals surface area contributed by atoms with E-state index in [0.29, 0.717) is 31.1 Å². The quantitative estimate of drug-likeness (QED) is 0.839. The summed E-state index contributed by atoms with van der Waals surface area (Å²) in [6.07, 6.45) is 1.59. The zero-order valence-electron chi connectivity index (χ0n) is 11.6. The minimum absolute atomic E-state index is 0.0181. The lowest BCUT2D eigenvalue weighted by Crippen LogP contribution is -2.25. The van der Waals surface area contributed by atoms with Crippen molar-refractivity contribution in [3.8, 4) is 0 Å². The number of esters is 1. The maximum absolute atomic E-state index is 11.9. The minimum Gasteiger partial charge on any atom is -0.481 e. The van der Waals surface area contributed by atoms with E-state index < -0.39 is 17.9 Å². The fourth-order valence-corrected chi connectivity index (χ4v) is 2.48. The number of aliphatic carboxylic acids is 1. The second-order valence-electron chi connectivity index (χ2n) is 4.92. The van der Waals surface area contributed by atoms with Gasteiger partial charge in [0.2, 0.25) is 0 Å². The predicted octanol–water partition coefficient (Wildman–Crippen LogP) is 1.42. The summed E-state index contributed by atoms with van der Waals surface area (Å²) in [5, 5.41) is 9.17. The van der Waals surface area contributed by atoms with Gasteiger partial charge in [-0.15, -0.1) is 0 Å². The van der Waals surface area contributed by atoms with Crippen LogP contribution in [-0.2, 0) is 9.53 Å². The lowest BCUT2D eigenvalue weighted by molar-refractivity contribution is -0.142. The normalized spacial score (nSPS) is 21.8. The molecular weight excluding hydrogens is 260 g/mol. The van der Waals surface area contributed by atoms with E-state index in [4.69, 9.17) is 4.74 Å². The molecule has 1 aliphatic heterocycles. The van der Waals surface area contributed by atoms with Gasteiger partial charge in [0.25, 0.3) is 0 Å². The number of carboxylic acid groups (broad SMARTS) is 1. The third-order valence-electron chi connectivity index (χ3n) is 3.51. The molecule has 1 aromatic heterocycles. The van der Waals surface area contributed by atoms with E-state index in [-0.39, 0.29) is 5.92 Å². The average molecular weight is 278 g/mol. The molecule has 0 radical (unpaired) electrons. The number of anilines is 1. The number of hydrogen-bond acceptors (Lipinski definition) is 5. The first kappa shape index (κ1) is 14.3. The first-order chi connectivity index (χ1) is 9.54. The number of pyridine rings is 1. The van der Waals surface area contributed by atoms with Crippen LogP contribution in [0.1, 0.15) is 24.2 Å². The molecule has 2 heterocycles. The van der Waals surface area contributed by atoms with Crippen LogP contribution in [0.3, 0.4) is 0 Å². The second kappa shape index (κ2) is 5.90. The van der Waals surface area contributed by atoms with Crippen molar-refractivity contribution in [2.24, 2.45) is 11.8 Å². The van der Waals surface area contributed by atoms with Crippen LogP contribution < -0.4 is 4.90 Å². The molecule has 6 nitrogen and oxygen atoms in total. The minimum atomic E-state index is -0.811. The van der Waals surface area contributed by atoms with Gasteiger partial charge in [-0.2, -0.15) is 0 Å². The van der Waals surface area contributed by atoms with Crippen LogP contribution in [0.2, 0.25) is 0 Å². The van der Waals surface area contributed by atoms with Crippen molar-refractivity contribution < 1.29 is 19.4 Å². The Morgan fingerprint density at radius 1 is 1.50 bits per heavy atom. The maximum atomic E-state index is 11.9. The second-order valence-corrected chi connectivity index (χ2v) is 4.92. The van der Waals surface area contributed by atoms with E-state index in [2.05, 4.69) is 4.98 Å². The van der Waals surface area contributed by atoms with Crippen LogP contribution in [0.15, 0.2) is 18.3 Å². The van der Waals surface area contributed by atoms with E-state index in [9.17, 15) is 14.7 Å². The Morgan fingerprint density at radius 3 is 2.85 bits per heavy atom. The topological polar surface area (TPSA) is 79.7 Å². The Hall–Kier alpha value is -2.11. The molecule has 2 atom stereocenters. The third-order valence-corrected chi connectivity index (χ3v) is 3.51. The largest absolute Gasteiger partial charge is 0.481 e. The molecule has 0 amide bonds. The zero-order chi connectivity index (χ0) is 14.7. The van der Waals surface area contributed by atoms with Gasteiger partial charge in [0.15, 0.2) is 0 Å². The van der Waals surface area contributed by atoms with Gasteiger partial charge in [0.1, 0.15) is 11.4 Å². The Bertz CT molecular complexity index is 518. The monoisotopic (exact) mass is 278 g/mol. The number of carbonyl (C=O) groups is 2. The molecule has 1 aromatic rings. The molecule has 0 aromatic carbocycles. The molecule has 1 saturated heterocycles. The van der Waals surface area contributed by atoms with Crippen molar-refractivity contribution in [1.29, 1.82) is 0 Å². The van der Waals surface area contributed by atoms with Gasteiger partial charge in [-0.25, -0.2) is 9.78 Å². The van der Waals surface area contributed by atoms with Crippen LogP contribution in [0.25, 0.3) is 0 Å². The van der Waals surface area contributed by atoms with Crippen molar-refractivity contribution in [3.05, 3.63) is 23.9 Å². The summed E-state index contributed by atoms with van der Waals surface area (Å²) in [4.78, 5) is 29.2. The number of carbonyl (C=O) groups excluding carboxylic acids is 1. The highest BCUT2D eigenvalue weighted by Gasteiger charge is 2.36. The first-order valence-corrected chi connectivity index (χ1v) is 6.64. The van der Waals surface area contributed by atoms with Crippen LogP contribution in [-0.4, -0.2) is 41.7 Å². The Kier molecular flexibility index (Phi) is 4.22. The number of hydrogen-bond donors (Lipinski definition) is 1. The number of nitrogens with zero attached hydrogens (tertiary/aromatic N) is 2. The maximum Gasteiger partial charge on any atom is 0.341 e. The molecule has 0 spiro atoms. The molecule has 0 aliphatic carbocycles. The number of carboxylic acids is 1. The van der Waals surface area contributed by atoms with Crippen molar-refractivity contribution in [1.82, 2.24) is 4.98 Å². The molecule has 0 saturated carbocycles. The molecule has 20 heavy (non-hydrogen) atoms. The highest BCUT2D eigenvalue weighted by molar-refractivity contribution is 5.95. The van der Waals surface area contributed by atoms with Crippen molar-refractivity contribution >= 4 is 17.8 Å². The van der Waals surface area contributed by atoms with Gasteiger partial charge in [0.05, 0.1) is 12.5 Å². The molecular formula is C14H18N2O4. The highest BCUT2D eigenvalue weighted by atomic mass is 16.5. The molecule has 0 unspecified atom stereocenters. The van der Waals surface area contributed by atoms with Crippen LogP contribution in [0, 0.1) is 11.8 Å². The Morgan fingerprint density at radius 2 is 2.25 bits per heavy atom. The van der Waals surface area contributed by atoms with Crippen molar-refractivity contribution in [2.75, 3.05) is 24.6 Å². The van der Waals surface area contributed by atoms with Crippen LogP contribution >= 0.6 is 0 Å². The number of rotatable bonds is 4. The van der Waals surface area contributed by atoms with Gasteiger partial charge in [-0.05, 0) is 25.0 Å².